The van der Waals surface area contributed by atoms with Crippen LogP contribution in [0.4, 0.5) is 4.39 Å². The van der Waals surface area contributed by atoms with E-state index in [2.05, 4.69) is 16.8 Å². The van der Waals surface area contributed by atoms with Crippen molar-refractivity contribution < 1.29 is 18.5 Å². The predicted molar refractivity (Wildman–Crippen MR) is 157 cm³/mol. The SMILES string of the molecule is NS(=O)c1ccc(Cc2c(-c3ccc(F)c(C#CC4CCCC4)c3)nn(-c3nc(C(=O)O)cs3)c2CC2CC2)cc1. The Morgan fingerprint density at radius 2 is 1.90 bits per heavy atom. The molecule has 1 unspecified atom stereocenters. The summed E-state index contributed by atoms with van der Waals surface area (Å²) in [6.07, 6.45) is 7.95. The molecule has 1 atom stereocenters. The van der Waals surface area contributed by atoms with Crippen LogP contribution in [0.5, 0.6) is 0 Å². The predicted octanol–water partition coefficient (Wildman–Crippen LogP) is 5.90. The smallest absolute Gasteiger partial charge is 0.355 e. The molecule has 2 aromatic heterocycles. The Balaban J connectivity index is 1.48. The number of aromatic carboxylic acids is 1. The average Bonchev–Trinajstić information content (AvgIpc) is 3.31. The molecule has 0 bridgehead atoms. The normalized spacial score (nSPS) is 16.0. The Labute approximate surface area is 244 Å². The zero-order valence-corrected chi connectivity index (χ0v) is 23.9. The summed E-state index contributed by atoms with van der Waals surface area (Å²) in [5.74, 6) is 5.71. The van der Waals surface area contributed by atoms with Gasteiger partial charge in [-0.1, -0.05) is 36.8 Å². The molecule has 2 saturated carbocycles. The van der Waals surface area contributed by atoms with Gasteiger partial charge >= 0.3 is 5.97 Å². The van der Waals surface area contributed by atoms with Gasteiger partial charge in [0, 0.05) is 28.8 Å². The Morgan fingerprint density at radius 1 is 1.15 bits per heavy atom. The number of carbonyl (C=O) groups is 1. The molecule has 2 heterocycles. The molecule has 3 N–H and O–H groups in total. The molecule has 0 amide bonds. The molecule has 2 fully saturated rings. The molecular formula is C31H29FN4O3S2. The Kier molecular flexibility index (Phi) is 7.84. The maximum Gasteiger partial charge on any atom is 0.355 e. The Bertz CT molecular complexity index is 1690. The Morgan fingerprint density at radius 3 is 2.56 bits per heavy atom. The van der Waals surface area contributed by atoms with Crippen LogP contribution in [0.2, 0.25) is 0 Å². The molecule has 210 valence electrons. The lowest BCUT2D eigenvalue weighted by Crippen LogP contribution is -2.06. The summed E-state index contributed by atoms with van der Waals surface area (Å²) in [5, 5.41) is 22.0. The van der Waals surface area contributed by atoms with Crippen LogP contribution in [0.1, 0.15) is 71.4 Å². The van der Waals surface area contributed by atoms with Crippen molar-refractivity contribution in [3.63, 3.8) is 0 Å². The molecule has 0 spiro atoms. The van der Waals surface area contributed by atoms with E-state index in [1.54, 1.807) is 28.9 Å². The Hall–Kier alpha value is -3.65. The average molecular weight is 589 g/mol. The van der Waals surface area contributed by atoms with Crippen LogP contribution in [-0.4, -0.2) is 30.0 Å². The highest BCUT2D eigenvalue weighted by atomic mass is 32.2. The summed E-state index contributed by atoms with van der Waals surface area (Å²) in [7, 11) is -1.57. The molecule has 4 aromatic rings. The van der Waals surface area contributed by atoms with Crippen LogP contribution in [-0.2, 0) is 23.8 Å². The molecule has 6 rings (SSSR count). The van der Waals surface area contributed by atoms with E-state index in [1.807, 2.05) is 12.1 Å². The number of benzene rings is 2. The molecule has 10 heteroatoms. The fourth-order valence-electron chi connectivity index (χ4n) is 5.29. The van der Waals surface area contributed by atoms with Crippen molar-refractivity contribution in [3.05, 3.63) is 81.7 Å². The third-order valence-corrected chi connectivity index (χ3v) is 9.26. The molecule has 2 aromatic carbocycles. The van der Waals surface area contributed by atoms with Gasteiger partial charge in [0.15, 0.2) is 5.69 Å². The van der Waals surface area contributed by atoms with Crippen LogP contribution in [0, 0.1) is 29.5 Å². The van der Waals surface area contributed by atoms with Crippen LogP contribution < -0.4 is 5.14 Å². The molecule has 0 radical (unpaired) electrons. The second-order valence-corrected chi connectivity index (χ2v) is 12.6. The van der Waals surface area contributed by atoms with E-state index in [0.29, 0.717) is 39.5 Å². The van der Waals surface area contributed by atoms with Crippen LogP contribution in [0.3, 0.4) is 0 Å². The monoisotopic (exact) mass is 588 g/mol. The van der Waals surface area contributed by atoms with Crippen molar-refractivity contribution in [2.24, 2.45) is 17.0 Å². The first-order valence-electron chi connectivity index (χ1n) is 13.7. The van der Waals surface area contributed by atoms with E-state index in [0.717, 1.165) is 67.3 Å². The minimum Gasteiger partial charge on any atom is -0.476 e. The van der Waals surface area contributed by atoms with E-state index >= 15 is 0 Å². The highest BCUT2D eigenvalue weighted by Gasteiger charge is 2.29. The topological polar surface area (TPSA) is 111 Å². The van der Waals surface area contributed by atoms with E-state index in [1.165, 1.54) is 22.8 Å². The first-order valence-corrected chi connectivity index (χ1v) is 15.8. The zero-order chi connectivity index (χ0) is 28.5. The van der Waals surface area contributed by atoms with Gasteiger partial charge in [-0.25, -0.2) is 28.2 Å². The van der Waals surface area contributed by atoms with E-state index in [9.17, 15) is 18.5 Å². The minimum atomic E-state index is -1.57. The minimum absolute atomic E-state index is 0.0300. The van der Waals surface area contributed by atoms with Gasteiger partial charge in [0.1, 0.15) is 16.8 Å². The van der Waals surface area contributed by atoms with Crippen molar-refractivity contribution >= 4 is 28.3 Å². The number of nitrogens with two attached hydrogens (primary N) is 1. The summed E-state index contributed by atoms with van der Waals surface area (Å²) >= 11 is 1.23. The number of hydrogen-bond acceptors (Lipinski definition) is 5. The number of carboxylic acids is 1. The first kappa shape index (κ1) is 27.5. The number of carboxylic acid groups (broad SMARTS) is 1. The number of halogens is 1. The van der Waals surface area contributed by atoms with Gasteiger partial charge in [-0.05, 0) is 73.9 Å². The summed E-state index contributed by atoms with van der Waals surface area (Å²) in [4.78, 5) is 16.5. The third kappa shape index (κ3) is 6.17. The van der Waals surface area contributed by atoms with E-state index in [-0.39, 0.29) is 11.5 Å². The fraction of sp³-hybridized carbons (Fsp3) is 0.323. The fourth-order valence-corrected chi connectivity index (χ4v) is 6.47. The number of hydrogen-bond donors (Lipinski definition) is 2. The first-order chi connectivity index (χ1) is 19.9. The van der Waals surface area contributed by atoms with Crippen molar-refractivity contribution in [1.82, 2.24) is 14.8 Å². The summed E-state index contributed by atoms with van der Waals surface area (Å²) < 4.78 is 28.4. The molecule has 7 nitrogen and oxygen atoms in total. The van der Waals surface area contributed by atoms with Gasteiger partial charge in [-0.15, -0.1) is 11.3 Å². The quantitative estimate of drug-likeness (QED) is 0.249. The van der Waals surface area contributed by atoms with Gasteiger partial charge in [-0.3, -0.25) is 0 Å². The van der Waals surface area contributed by atoms with Gasteiger partial charge in [0.25, 0.3) is 0 Å². The van der Waals surface area contributed by atoms with Crippen LogP contribution in [0.15, 0.2) is 52.7 Å². The molecule has 0 aliphatic heterocycles. The van der Waals surface area contributed by atoms with Crippen molar-refractivity contribution in [2.45, 2.75) is 56.3 Å². The van der Waals surface area contributed by atoms with E-state index in [4.69, 9.17) is 10.2 Å². The third-order valence-electron chi connectivity index (χ3n) is 7.70. The van der Waals surface area contributed by atoms with Crippen molar-refractivity contribution in [1.29, 1.82) is 0 Å². The molecule has 0 saturated heterocycles. The highest BCUT2D eigenvalue weighted by molar-refractivity contribution is 7.82. The standard InChI is InChI=1S/C31H29FN4O3S2/c32-26-14-11-23(17-22(26)10-7-19-3-1-2-4-19)29-25(15-20-8-12-24(13-9-20)41(33)39)28(16-21-5-6-21)36(35-29)31-34-27(18-40-31)30(37)38/h8-9,11-14,17-19,21H,1-6,15-16,33H2,(H,37,38). The van der Waals surface area contributed by atoms with Crippen molar-refractivity contribution in [3.8, 4) is 28.2 Å². The van der Waals surface area contributed by atoms with Crippen LogP contribution >= 0.6 is 11.3 Å². The summed E-state index contributed by atoms with van der Waals surface area (Å²) in [6.45, 7) is 0. The summed E-state index contributed by atoms with van der Waals surface area (Å²) in [5.41, 5.74) is 4.64. The number of thiazole rings is 1. The summed E-state index contributed by atoms with van der Waals surface area (Å²) in [6, 6.07) is 12.2. The van der Waals surface area contributed by atoms with Gasteiger partial charge < -0.3 is 5.11 Å². The van der Waals surface area contributed by atoms with Gasteiger partial charge in [0.05, 0.1) is 21.8 Å². The van der Waals surface area contributed by atoms with Gasteiger partial charge in [0.2, 0.25) is 5.13 Å². The lowest BCUT2D eigenvalue weighted by atomic mass is 9.96. The number of aromatic nitrogens is 3. The maximum absolute atomic E-state index is 14.9. The lowest BCUT2D eigenvalue weighted by molar-refractivity contribution is 0.0691. The molecule has 41 heavy (non-hydrogen) atoms. The largest absolute Gasteiger partial charge is 0.476 e. The second-order valence-electron chi connectivity index (χ2n) is 10.7. The highest BCUT2D eigenvalue weighted by Crippen LogP contribution is 2.38. The zero-order valence-electron chi connectivity index (χ0n) is 22.3. The molecule has 2 aliphatic rings. The molecule has 2 aliphatic carbocycles. The number of nitrogens with zero attached hydrogens (tertiary/aromatic N) is 3. The van der Waals surface area contributed by atoms with Crippen molar-refractivity contribution in [2.75, 3.05) is 0 Å². The lowest BCUT2D eigenvalue weighted by Gasteiger charge is -2.09. The van der Waals surface area contributed by atoms with Gasteiger partial charge in [-0.2, -0.15) is 5.10 Å². The maximum atomic E-state index is 14.9. The van der Waals surface area contributed by atoms with E-state index < -0.39 is 17.0 Å². The number of rotatable bonds is 8. The van der Waals surface area contributed by atoms with Crippen LogP contribution in [0.25, 0.3) is 16.4 Å². The second kappa shape index (κ2) is 11.7. The molecular weight excluding hydrogens is 559 g/mol.